The summed E-state index contributed by atoms with van der Waals surface area (Å²) in [7, 11) is 0. The fraction of sp³-hybridized carbons (Fsp3) is 0.267. The van der Waals surface area contributed by atoms with Crippen LogP contribution in [0.25, 0.3) is 22.2 Å². The molecule has 1 saturated heterocycles. The third kappa shape index (κ3) is 6.45. The highest BCUT2D eigenvalue weighted by Crippen LogP contribution is 2.31. The van der Waals surface area contributed by atoms with Gasteiger partial charge in [0.1, 0.15) is 5.52 Å². The number of aliphatic hydroxyl groups is 1. The highest BCUT2D eigenvalue weighted by molar-refractivity contribution is 6.00. The molecule has 218 valence electrons. The molecule has 0 aliphatic carbocycles. The van der Waals surface area contributed by atoms with Gasteiger partial charge in [0.2, 0.25) is 17.4 Å². The Balaban J connectivity index is 1.40. The van der Waals surface area contributed by atoms with Gasteiger partial charge in [0.05, 0.1) is 28.7 Å². The Morgan fingerprint density at radius 2 is 1.90 bits per heavy atom. The number of aromatic amines is 1. The molecular weight excluding hydrogens is 544 g/mol. The van der Waals surface area contributed by atoms with E-state index in [9.17, 15) is 14.7 Å². The Morgan fingerprint density at radius 1 is 1.14 bits per heavy atom. The molecule has 12 heteroatoms. The van der Waals surface area contributed by atoms with E-state index in [1.165, 1.54) is 24.4 Å². The van der Waals surface area contributed by atoms with Crippen molar-refractivity contribution >= 4 is 40.0 Å². The third-order valence-electron chi connectivity index (χ3n) is 6.84. The fourth-order valence-electron chi connectivity index (χ4n) is 4.98. The summed E-state index contributed by atoms with van der Waals surface area (Å²) < 4.78 is 30.5. The van der Waals surface area contributed by atoms with Crippen LogP contribution in [-0.2, 0) is 4.79 Å². The third-order valence-corrected chi connectivity index (χ3v) is 6.84. The van der Waals surface area contributed by atoms with Crippen LogP contribution < -0.4 is 21.1 Å². The number of hydrogen-bond donors (Lipinski definition) is 4. The summed E-state index contributed by atoms with van der Waals surface area (Å²) in [4.78, 5) is 39.3. The van der Waals surface area contributed by atoms with E-state index in [-0.39, 0.29) is 28.8 Å². The second-order valence-electron chi connectivity index (χ2n) is 10.7. The average molecular weight is 576 g/mol. The topological polar surface area (TPSA) is 126 Å². The van der Waals surface area contributed by atoms with E-state index in [1.54, 1.807) is 43.0 Å². The van der Waals surface area contributed by atoms with E-state index in [2.05, 4.69) is 37.1 Å². The van der Waals surface area contributed by atoms with Gasteiger partial charge in [-0.2, -0.15) is 0 Å². The molecule has 1 aliphatic rings. The molecule has 0 radical (unpaired) electrons. The first-order chi connectivity index (χ1) is 20.0. The summed E-state index contributed by atoms with van der Waals surface area (Å²) in [6.45, 7) is 9.64. The molecule has 10 nitrogen and oxygen atoms in total. The molecule has 1 aliphatic heterocycles. The highest BCUT2D eigenvalue weighted by atomic mass is 19.2. The molecule has 0 bridgehead atoms. The van der Waals surface area contributed by atoms with Crippen molar-refractivity contribution in [2.24, 2.45) is 0 Å². The van der Waals surface area contributed by atoms with Crippen LogP contribution in [0.3, 0.4) is 0 Å². The molecule has 4 aromatic rings. The number of fused-ring (bicyclic) bond motifs is 1. The van der Waals surface area contributed by atoms with Crippen LogP contribution in [0.5, 0.6) is 0 Å². The van der Waals surface area contributed by atoms with Crippen LogP contribution in [-0.4, -0.2) is 69.2 Å². The zero-order valence-electron chi connectivity index (χ0n) is 23.2. The van der Waals surface area contributed by atoms with Gasteiger partial charge in [-0.05, 0) is 49.8 Å². The maximum atomic E-state index is 15.2. The van der Waals surface area contributed by atoms with Gasteiger partial charge < -0.3 is 25.6 Å². The predicted molar refractivity (Wildman–Crippen MR) is 159 cm³/mol. The van der Waals surface area contributed by atoms with Crippen molar-refractivity contribution in [3.8, 4) is 11.1 Å². The Hall–Kier alpha value is -4.68. The second-order valence-corrected chi connectivity index (χ2v) is 10.7. The SMILES string of the molecule is C=CC(=O)Nc1cccc(-c2cc(=O)[nH]c3cnc(Nc4ccc(N5CCN(CC(C)(C)O)CC5)c(F)c4F)nc23)c1. The summed E-state index contributed by atoms with van der Waals surface area (Å²) in [5.41, 5.74) is 1.05. The summed E-state index contributed by atoms with van der Waals surface area (Å²) in [5, 5.41) is 15.5. The number of halogens is 2. The van der Waals surface area contributed by atoms with Gasteiger partial charge in [-0.1, -0.05) is 18.7 Å². The molecule has 1 fully saturated rings. The van der Waals surface area contributed by atoms with Crippen LogP contribution >= 0.6 is 0 Å². The van der Waals surface area contributed by atoms with Gasteiger partial charge in [-0.25, -0.2) is 18.7 Å². The monoisotopic (exact) mass is 575 g/mol. The minimum absolute atomic E-state index is 0.00167. The van der Waals surface area contributed by atoms with Crippen LogP contribution in [0.2, 0.25) is 0 Å². The Labute approximate surface area is 240 Å². The van der Waals surface area contributed by atoms with E-state index in [0.29, 0.717) is 60.6 Å². The van der Waals surface area contributed by atoms with Gasteiger partial charge >= 0.3 is 0 Å². The van der Waals surface area contributed by atoms with Crippen molar-refractivity contribution < 1.29 is 18.7 Å². The zero-order chi connectivity index (χ0) is 30.0. The largest absolute Gasteiger partial charge is 0.389 e. The number of hydrogen-bond acceptors (Lipinski definition) is 8. The molecular formula is C30H31F2N7O3. The lowest BCUT2D eigenvalue weighted by molar-refractivity contribution is -0.111. The maximum absolute atomic E-state index is 15.2. The molecule has 0 spiro atoms. The summed E-state index contributed by atoms with van der Waals surface area (Å²) in [6, 6.07) is 11.2. The minimum Gasteiger partial charge on any atom is -0.389 e. The van der Waals surface area contributed by atoms with E-state index in [1.807, 2.05) is 0 Å². The number of rotatable bonds is 8. The number of aromatic nitrogens is 3. The first kappa shape index (κ1) is 28.8. The number of pyridine rings is 1. The van der Waals surface area contributed by atoms with Crippen LogP contribution in [0, 0.1) is 11.6 Å². The molecule has 3 heterocycles. The number of nitrogens with one attached hydrogen (secondary N) is 3. The second kappa shape index (κ2) is 11.7. The van der Waals surface area contributed by atoms with Gasteiger partial charge in [-0.3, -0.25) is 14.5 Å². The standard InChI is InChI=1S/C30H31F2N7O3/c1-4-24(40)34-19-7-5-6-18(14-19)20-15-25(41)35-22-16-33-29(37-28(20)22)36-21-8-9-23(27(32)26(21)31)39-12-10-38(11-13-39)17-30(2,3)42/h4-9,14-16,42H,1,10-13,17H2,2-3H3,(H,34,40)(H,35,41)(H,33,36,37). The number of β-amino-alcohol motifs (C(OH)–C–C–N with tert-alkyl or cyclic N) is 1. The minimum atomic E-state index is -1.07. The zero-order valence-corrected chi connectivity index (χ0v) is 23.2. The fourth-order valence-corrected chi connectivity index (χ4v) is 4.98. The van der Waals surface area contributed by atoms with Crippen molar-refractivity contribution in [1.82, 2.24) is 19.9 Å². The Kier molecular flexibility index (Phi) is 8.01. The molecule has 5 rings (SSSR count). The van der Waals surface area contributed by atoms with Gasteiger partial charge in [0.25, 0.3) is 0 Å². The predicted octanol–water partition coefficient (Wildman–Crippen LogP) is 4.02. The summed E-state index contributed by atoms with van der Waals surface area (Å²) in [5.74, 6) is -2.44. The normalized spacial score (nSPS) is 14.2. The highest BCUT2D eigenvalue weighted by Gasteiger charge is 2.26. The molecule has 42 heavy (non-hydrogen) atoms. The lowest BCUT2D eigenvalue weighted by atomic mass is 10.0. The van der Waals surface area contributed by atoms with E-state index in [4.69, 9.17) is 0 Å². The van der Waals surface area contributed by atoms with E-state index in [0.717, 1.165) is 6.08 Å². The lowest BCUT2D eigenvalue weighted by Gasteiger charge is -2.38. The van der Waals surface area contributed by atoms with Crippen molar-refractivity contribution in [2.75, 3.05) is 48.3 Å². The van der Waals surface area contributed by atoms with Crippen LogP contribution in [0.1, 0.15) is 13.8 Å². The van der Waals surface area contributed by atoms with Gasteiger partial charge in [0.15, 0.2) is 11.6 Å². The summed E-state index contributed by atoms with van der Waals surface area (Å²) >= 11 is 0. The number of amides is 1. The van der Waals surface area contributed by atoms with Crippen molar-refractivity contribution in [3.63, 3.8) is 0 Å². The molecule has 4 N–H and O–H groups in total. The first-order valence-corrected chi connectivity index (χ1v) is 13.4. The Bertz CT molecular complexity index is 1710. The summed E-state index contributed by atoms with van der Waals surface area (Å²) in [6.07, 6.45) is 2.53. The Morgan fingerprint density at radius 3 is 2.62 bits per heavy atom. The smallest absolute Gasteiger partial charge is 0.249 e. The number of nitrogens with zero attached hydrogens (tertiary/aromatic N) is 4. The molecule has 0 unspecified atom stereocenters. The number of anilines is 4. The van der Waals surface area contributed by atoms with Gasteiger partial charge in [-0.15, -0.1) is 0 Å². The average Bonchev–Trinajstić information content (AvgIpc) is 2.95. The van der Waals surface area contributed by atoms with Crippen LogP contribution in [0.15, 0.2) is 66.1 Å². The maximum Gasteiger partial charge on any atom is 0.249 e. The molecule has 2 aromatic heterocycles. The molecule has 0 atom stereocenters. The van der Waals surface area contributed by atoms with Crippen molar-refractivity contribution in [3.05, 3.63) is 83.3 Å². The van der Waals surface area contributed by atoms with Crippen molar-refractivity contribution in [1.29, 1.82) is 0 Å². The lowest BCUT2D eigenvalue weighted by Crippen LogP contribution is -2.50. The number of carbonyl (C=O) groups excluding carboxylic acids is 1. The van der Waals surface area contributed by atoms with Crippen LogP contribution in [0.4, 0.5) is 31.8 Å². The van der Waals surface area contributed by atoms with Gasteiger partial charge in [0, 0.05) is 50.0 Å². The molecule has 2 aromatic carbocycles. The number of piperazine rings is 1. The van der Waals surface area contributed by atoms with Crippen molar-refractivity contribution in [2.45, 2.75) is 19.4 Å². The number of benzene rings is 2. The molecule has 1 amide bonds. The van der Waals surface area contributed by atoms with E-state index >= 15 is 8.78 Å². The first-order valence-electron chi connectivity index (χ1n) is 13.4. The number of carbonyl (C=O) groups is 1. The number of H-pyrrole nitrogens is 1. The van der Waals surface area contributed by atoms with E-state index < -0.39 is 17.2 Å². The quantitative estimate of drug-likeness (QED) is 0.232. The molecule has 0 saturated carbocycles.